The summed E-state index contributed by atoms with van der Waals surface area (Å²) in [6, 6.07) is 1.97. The van der Waals surface area contributed by atoms with Gasteiger partial charge in [0, 0.05) is 24.0 Å². The quantitative estimate of drug-likeness (QED) is 0.892. The highest BCUT2D eigenvalue weighted by molar-refractivity contribution is 7.08. The van der Waals surface area contributed by atoms with Crippen molar-refractivity contribution in [1.82, 2.24) is 15.0 Å². The fourth-order valence-electron chi connectivity index (χ4n) is 1.98. The molecule has 1 aliphatic rings. The van der Waals surface area contributed by atoms with Gasteiger partial charge in [0.15, 0.2) is 0 Å². The maximum atomic E-state index is 9.43. The van der Waals surface area contributed by atoms with Gasteiger partial charge in [0.2, 0.25) is 11.7 Å². The van der Waals surface area contributed by atoms with Gasteiger partial charge in [-0.05, 0) is 17.9 Å². The van der Waals surface area contributed by atoms with Crippen LogP contribution in [0.2, 0.25) is 0 Å². The molecule has 0 amide bonds. The normalized spacial score (nSPS) is 21.1. The van der Waals surface area contributed by atoms with Gasteiger partial charge >= 0.3 is 0 Å². The van der Waals surface area contributed by atoms with Crippen LogP contribution >= 0.6 is 11.3 Å². The minimum absolute atomic E-state index is 0.214. The average molecular weight is 251 g/mol. The molecule has 1 saturated heterocycles. The van der Waals surface area contributed by atoms with E-state index in [0.29, 0.717) is 24.8 Å². The Kier molecular flexibility index (Phi) is 2.92. The summed E-state index contributed by atoms with van der Waals surface area (Å²) in [5.74, 6) is 1.25. The Morgan fingerprint density at radius 3 is 3.24 bits per heavy atom. The zero-order valence-electron chi connectivity index (χ0n) is 9.24. The van der Waals surface area contributed by atoms with E-state index in [4.69, 9.17) is 4.52 Å². The lowest BCUT2D eigenvalue weighted by Gasteiger charge is -2.10. The van der Waals surface area contributed by atoms with E-state index < -0.39 is 0 Å². The number of nitrogens with zero attached hydrogens (tertiary/aromatic N) is 3. The number of rotatable bonds is 3. The lowest BCUT2D eigenvalue weighted by Crippen LogP contribution is -2.21. The molecule has 0 radical (unpaired) electrons. The van der Waals surface area contributed by atoms with Crippen LogP contribution in [0.4, 0.5) is 0 Å². The number of hydrogen-bond donors (Lipinski definition) is 1. The van der Waals surface area contributed by atoms with Crippen molar-refractivity contribution < 1.29 is 9.63 Å². The van der Waals surface area contributed by atoms with E-state index >= 15 is 0 Å². The summed E-state index contributed by atoms with van der Waals surface area (Å²) in [5, 5.41) is 17.4. The van der Waals surface area contributed by atoms with Crippen molar-refractivity contribution in [3.8, 4) is 11.4 Å². The van der Waals surface area contributed by atoms with E-state index in [-0.39, 0.29) is 6.10 Å². The van der Waals surface area contributed by atoms with Gasteiger partial charge in [-0.25, -0.2) is 0 Å². The molecule has 5 nitrogen and oxygen atoms in total. The van der Waals surface area contributed by atoms with Gasteiger partial charge in [0.05, 0.1) is 12.6 Å². The van der Waals surface area contributed by atoms with Crippen molar-refractivity contribution >= 4 is 11.3 Å². The van der Waals surface area contributed by atoms with Crippen LogP contribution in [0.3, 0.4) is 0 Å². The number of likely N-dealkylation sites (tertiary alicyclic amines) is 1. The summed E-state index contributed by atoms with van der Waals surface area (Å²) in [6.07, 6.45) is 0.611. The van der Waals surface area contributed by atoms with E-state index in [1.165, 1.54) is 0 Å². The third-order valence-electron chi connectivity index (χ3n) is 2.85. The molecule has 0 spiro atoms. The van der Waals surface area contributed by atoms with Crippen LogP contribution in [-0.2, 0) is 6.54 Å². The number of aromatic nitrogens is 2. The first-order valence-corrected chi connectivity index (χ1v) is 6.51. The number of thiophene rings is 1. The standard InChI is InChI=1S/C11H13N3O2S/c15-9-1-3-14(5-9)6-10-12-11(13-16-10)8-2-4-17-7-8/h2,4,7,9,15H,1,3,5-6H2/t9-/m1/s1. The second-order valence-corrected chi connectivity index (χ2v) is 4.98. The summed E-state index contributed by atoms with van der Waals surface area (Å²) in [7, 11) is 0. The molecule has 1 fully saturated rings. The molecule has 17 heavy (non-hydrogen) atoms. The van der Waals surface area contributed by atoms with Crippen LogP contribution in [0.15, 0.2) is 21.3 Å². The average Bonchev–Trinajstić information content (AvgIpc) is 3.00. The predicted octanol–water partition coefficient (Wildman–Crippen LogP) is 1.36. The van der Waals surface area contributed by atoms with Crippen LogP contribution in [-0.4, -0.2) is 39.3 Å². The Bertz CT molecular complexity index is 483. The summed E-state index contributed by atoms with van der Waals surface area (Å²) in [6.45, 7) is 2.20. The fourth-order valence-corrected chi connectivity index (χ4v) is 2.61. The van der Waals surface area contributed by atoms with Gasteiger partial charge < -0.3 is 9.63 Å². The van der Waals surface area contributed by atoms with Crippen molar-refractivity contribution in [3.05, 3.63) is 22.7 Å². The molecule has 1 atom stereocenters. The van der Waals surface area contributed by atoms with E-state index in [1.807, 2.05) is 16.8 Å². The number of hydrogen-bond acceptors (Lipinski definition) is 6. The molecule has 2 aromatic rings. The highest BCUT2D eigenvalue weighted by Crippen LogP contribution is 2.19. The summed E-state index contributed by atoms with van der Waals surface area (Å²) in [4.78, 5) is 6.47. The van der Waals surface area contributed by atoms with Gasteiger partial charge in [-0.1, -0.05) is 5.16 Å². The molecule has 3 rings (SSSR count). The van der Waals surface area contributed by atoms with Crippen molar-refractivity contribution in [1.29, 1.82) is 0 Å². The Morgan fingerprint density at radius 2 is 2.53 bits per heavy atom. The number of aliphatic hydroxyl groups is 1. The second-order valence-electron chi connectivity index (χ2n) is 4.20. The second kappa shape index (κ2) is 4.56. The molecule has 0 aliphatic carbocycles. The highest BCUT2D eigenvalue weighted by Gasteiger charge is 2.22. The molecule has 1 N–H and O–H groups in total. The van der Waals surface area contributed by atoms with Crippen molar-refractivity contribution in [3.63, 3.8) is 0 Å². The SMILES string of the molecule is O[C@@H]1CCN(Cc2nc(-c3ccsc3)no2)C1. The molecule has 0 saturated carbocycles. The Labute approximate surface area is 103 Å². The summed E-state index contributed by atoms with van der Waals surface area (Å²) in [5.41, 5.74) is 0.992. The first-order valence-electron chi connectivity index (χ1n) is 5.57. The van der Waals surface area contributed by atoms with Crippen molar-refractivity contribution in [2.75, 3.05) is 13.1 Å². The van der Waals surface area contributed by atoms with Crippen LogP contribution in [0.25, 0.3) is 11.4 Å². The molecule has 1 aliphatic heterocycles. The lowest BCUT2D eigenvalue weighted by atomic mass is 10.3. The Hall–Kier alpha value is -1.24. The predicted molar refractivity (Wildman–Crippen MR) is 63.5 cm³/mol. The van der Waals surface area contributed by atoms with Gasteiger partial charge in [-0.3, -0.25) is 4.90 Å². The van der Waals surface area contributed by atoms with Crippen molar-refractivity contribution in [2.45, 2.75) is 19.1 Å². The first-order chi connectivity index (χ1) is 8.31. The van der Waals surface area contributed by atoms with Crippen LogP contribution in [0.5, 0.6) is 0 Å². The molecule has 0 unspecified atom stereocenters. The maximum absolute atomic E-state index is 9.43. The van der Waals surface area contributed by atoms with E-state index in [0.717, 1.165) is 18.5 Å². The molecule has 0 aromatic carbocycles. The molecule has 3 heterocycles. The fraction of sp³-hybridized carbons (Fsp3) is 0.455. The summed E-state index contributed by atoms with van der Waals surface area (Å²) >= 11 is 1.61. The van der Waals surface area contributed by atoms with E-state index in [2.05, 4.69) is 15.0 Å². The number of β-amino-alcohol motifs (C(OH)–C–C–N with tert-alkyl or cyclic N) is 1. The van der Waals surface area contributed by atoms with Gasteiger partial charge in [-0.2, -0.15) is 16.3 Å². The maximum Gasteiger partial charge on any atom is 0.241 e. The molecular formula is C11H13N3O2S. The van der Waals surface area contributed by atoms with Gasteiger partial charge in [0.25, 0.3) is 0 Å². The monoisotopic (exact) mass is 251 g/mol. The van der Waals surface area contributed by atoms with E-state index in [9.17, 15) is 5.11 Å². The molecule has 0 bridgehead atoms. The Balaban J connectivity index is 1.69. The first kappa shape index (κ1) is 10.9. The van der Waals surface area contributed by atoms with Gasteiger partial charge in [-0.15, -0.1) is 0 Å². The van der Waals surface area contributed by atoms with Crippen LogP contribution < -0.4 is 0 Å². The van der Waals surface area contributed by atoms with Gasteiger partial charge in [0.1, 0.15) is 0 Å². The van der Waals surface area contributed by atoms with Crippen LogP contribution in [0, 0.1) is 0 Å². The zero-order chi connectivity index (χ0) is 11.7. The summed E-state index contributed by atoms with van der Waals surface area (Å²) < 4.78 is 5.21. The molecule has 2 aromatic heterocycles. The third kappa shape index (κ3) is 2.38. The third-order valence-corrected chi connectivity index (χ3v) is 3.54. The smallest absolute Gasteiger partial charge is 0.241 e. The topological polar surface area (TPSA) is 62.4 Å². The zero-order valence-corrected chi connectivity index (χ0v) is 10.1. The Morgan fingerprint density at radius 1 is 1.59 bits per heavy atom. The molecule has 6 heteroatoms. The lowest BCUT2D eigenvalue weighted by molar-refractivity contribution is 0.169. The van der Waals surface area contributed by atoms with Crippen LogP contribution in [0.1, 0.15) is 12.3 Å². The highest BCUT2D eigenvalue weighted by atomic mass is 32.1. The molecule has 90 valence electrons. The van der Waals surface area contributed by atoms with Crippen molar-refractivity contribution in [2.24, 2.45) is 0 Å². The molecular weight excluding hydrogens is 238 g/mol. The van der Waals surface area contributed by atoms with E-state index in [1.54, 1.807) is 11.3 Å². The minimum Gasteiger partial charge on any atom is -0.392 e. The minimum atomic E-state index is -0.214. The number of aliphatic hydroxyl groups excluding tert-OH is 1. The largest absolute Gasteiger partial charge is 0.392 e.